The SMILES string of the molecule is COc1ccc(C2N=C(N)CC(N(C)C)=N2)cc1. The Balaban J connectivity index is 2.27. The fraction of sp³-hybridized carbons (Fsp3) is 0.385. The summed E-state index contributed by atoms with van der Waals surface area (Å²) < 4.78 is 5.13. The maximum absolute atomic E-state index is 5.86. The quantitative estimate of drug-likeness (QED) is 0.858. The van der Waals surface area contributed by atoms with Crippen LogP contribution in [0.1, 0.15) is 18.2 Å². The average molecular weight is 246 g/mol. The Morgan fingerprint density at radius 1 is 1.22 bits per heavy atom. The third kappa shape index (κ3) is 2.61. The van der Waals surface area contributed by atoms with Crippen molar-refractivity contribution in [2.24, 2.45) is 15.7 Å². The molecule has 0 spiro atoms. The van der Waals surface area contributed by atoms with E-state index in [1.165, 1.54) is 0 Å². The van der Waals surface area contributed by atoms with E-state index < -0.39 is 0 Å². The Morgan fingerprint density at radius 3 is 2.44 bits per heavy atom. The minimum Gasteiger partial charge on any atom is -0.497 e. The van der Waals surface area contributed by atoms with E-state index in [1.807, 2.05) is 43.3 Å². The minimum atomic E-state index is -0.248. The lowest BCUT2D eigenvalue weighted by molar-refractivity contribution is 0.414. The summed E-state index contributed by atoms with van der Waals surface area (Å²) in [6.07, 6.45) is 0.363. The van der Waals surface area contributed by atoms with E-state index >= 15 is 0 Å². The van der Waals surface area contributed by atoms with Gasteiger partial charge in [0.15, 0.2) is 6.17 Å². The highest BCUT2D eigenvalue weighted by Gasteiger charge is 2.18. The maximum Gasteiger partial charge on any atom is 0.169 e. The molecule has 1 aliphatic rings. The Hall–Kier alpha value is -2.04. The molecule has 0 bridgehead atoms. The van der Waals surface area contributed by atoms with Crippen molar-refractivity contribution in [3.05, 3.63) is 29.8 Å². The number of hydrogen-bond donors (Lipinski definition) is 1. The Morgan fingerprint density at radius 2 is 1.89 bits per heavy atom. The number of methoxy groups -OCH3 is 1. The molecule has 1 aromatic rings. The zero-order valence-electron chi connectivity index (χ0n) is 10.9. The molecule has 0 saturated heterocycles. The van der Waals surface area contributed by atoms with Crippen LogP contribution in [0.5, 0.6) is 5.75 Å². The van der Waals surface area contributed by atoms with Gasteiger partial charge >= 0.3 is 0 Å². The van der Waals surface area contributed by atoms with E-state index in [-0.39, 0.29) is 6.17 Å². The predicted molar refractivity (Wildman–Crippen MR) is 73.1 cm³/mol. The molecule has 96 valence electrons. The smallest absolute Gasteiger partial charge is 0.169 e. The van der Waals surface area contributed by atoms with Gasteiger partial charge in [-0.15, -0.1) is 0 Å². The second-order valence-corrected chi connectivity index (χ2v) is 4.38. The normalized spacial score (nSPS) is 18.9. The van der Waals surface area contributed by atoms with Crippen molar-refractivity contribution in [2.75, 3.05) is 21.2 Å². The Bertz CT molecular complexity index is 476. The molecule has 2 N–H and O–H groups in total. The standard InChI is InChI=1S/C13H18N4O/c1-17(2)12-8-11(14)15-13(16-12)9-4-6-10(18-3)7-5-9/h4-7,13H,8H2,1-3H3,(H2,14,15). The number of aliphatic imine (C=N–C) groups is 2. The van der Waals surface area contributed by atoms with Gasteiger partial charge in [0, 0.05) is 14.1 Å². The molecule has 2 rings (SSSR count). The van der Waals surface area contributed by atoms with Crippen LogP contribution < -0.4 is 10.5 Å². The van der Waals surface area contributed by atoms with Crippen molar-refractivity contribution in [3.8, 4) is 5.75 Å². The first-order valence-electron chi connectivity index (χ1n) is 5.80. The monoisotopic (exact) mass is 246 g/mol. The number of hydrogen-bond acceptors (Lipinski definition) is 5. The highest BCUT2D eigenvalue weighted by Crippen LogP contribution is 2.25. The fourth-order valence-electron chi connectivity index (χ4n) is 1.78. The van der Waals surface area contributed by atoms with Crippen LogP contribution in [0.15, 0.2) is 34.3 Å². The van der Waals surface area contributed by atoms with Crippen molar-refractivity contribution < 1.29 is 4.74 Å². The van der Waals surface area contributed by atoms with Crippen molar-refractivity contribution in [1.29, 1.82) is 0 Å². The molecule has 5 heteroatoms. The number of rotatable bonds is 2. The number of nitrogens with two attached hydrogens (primary N) is 1. The lowest BCUT2D eigenvalue weighted by Gasteiger charge is -2.22. The molecule has 0 radical (unpaired) electrons. The second kappa shape index (κ2) is 5.08. The van der Waals surface area contributed by atoms with Gasteiger partial charge in [0.25, 0.3) is 0 Å². The first kappa shape index (κ1) is 12.4. The van der Waals surface area contributed by atoms with Gasteiger partial charge in [-0.25, -0.2) is 9.98 Å². The lowest BCUT2D eigenvalue weighted by atomic mass is 10.1. The van der Waals surface area contributed by atoms with Gasteiger partial charge < -0.3 is 15.4 Å². The van der Waals surface area contributed by atoms with Gasteiger partial charge in [-0.1, -0.05) is 12.1 Å². The van der Waals surface area contributed by atoms with Crippen LogP contribution in [0.2, 0.25) is 0 Å². The molecule has 1 unspecified atom stereocenters. The van der Waals surface area contributed by atoms with E-state index in [2.05, 4.69) is 9.98 Å². The molecular weight excluding hydrogens is 228 g/mol. The first-order valence-corrected chi connectivity index (χ1v) is 5.80. The molecule has 18 heavy (non-hydrogen) atoms. The maximum atomic E-state index is 5.86. The summed E-state index contributed by atoms with van der Waals surface area (Å²) in [6.45, 7) is 0. The molecule has 0 fully saturated rings. The predicted octanol–water partition coefficient (Wildman–Crippen LogP) is 1.41. The Labute approximate surface area is 107 Å². The molecule has 0 amide bonds. The van der Waals surface area contributed by atoms with Crippen molar-refractivity contribution in [1.82, 2.24) is 4.90 Å². The third-order valence-electron chi connectivity index (χ3n) is 2.83. The van der Waals surface area contributed by atoms with Crippen molar-refractivity contribution >= 4 is 11.7 Å². The van der Waals surface area contributed by atoms with Gasteiger partial charge in [0.2, 0.25) is 0 Å². The molecule has 1 atom stereocenters. The van der Waals surface area contributed by atoms with Crippen LogP contribution in [0, 0.1) is 0 Å². The summed E-state index contributed by atoms with van der Waals surface area (Å²) in [5, 5.41) is 0. The molecule has 0 saturated carbocycles. The number of ether oxygens (including phenoxy) is 1. The summed E-state index contributed by atoms with van der Waals surface area (Å²) in [6, 6.07) is 7.73. The summed E-state index contributed by atoms with van der Waals surface area (Å²) in [5.74, 6) is 2.39. The largest absolute Gasteiger partial charge is 0.497 e. The number of nitrogens with zero attached hydrogens (tertiary/aromatic N) is 3. The highest BCUT2D eigenvalue weighted by molar-refractivity contribution is 6.02. The zero-order chi connectivity index (χ0) is 13.1. The summed E-state index contributed by atoms with van der Waals surface area (Å²) in [4.78, 5) is 10.9. The van der Waals surface area contributed by atoms with Crippen molar-refractivity contribution in [3.63, 3.8) is 0 Å². The van der Waals surface area contributed by atoms with Crippen LogP contribution >= 0.6 is 0 Å². The van der Waals surface area contributed by atoms with Crippen LogP contribution in [0.3, 0.4) is 0 Å². The topological polar surface area (TPSA) is 63.2 Å². The third-order valence-corrected chi connectivity index (χ3v) is 2.83. The van der Waals surface area contributed by atoms with Crippen LogP contribution in [-0.2, 0) is 0 Å². The molecule has 1 aromatic carbocycles. The van der Waals surface area contributed by atoms with E-state index in [0.717, 1.165) is 17.1 Å². The lowest BCUT2D eigenvalue weighted by Crippen LogP contribution is -2.31. The van der Waals surface area contributed by atoms with Crippen LogP contribution in [0.25, 0.3) is 0 Å². The average Bonchev–Trinajstić information content (AvgIpc) is 2.38. The molecule has 1 heterocycles. The highest BCUT2D eigenvalue weighted by atomic mass is 16.5. The van der Waals surface area contributed by atoms with Gasteiger partial charge in [-0.3, -0.25) is 0 Å². The fourth-order valence-corrected chi connectivity index (χ4v) is 1.78. The van der Waals surface area contributed by atoms with Gasteiger partial charge in [-0.2, -0.15) is 0 Å². The van der Waals surface area contributed by atoms with E-state index in [0.29, 0.717) is 12.3 Å². The summed E-state index contributed by atoms with van der Waals surface area (Å²) in [7, 11) is 5.57. The van der Waals surface area contributed by atoms with Gasteiger partial charge in [-0.05, 0) is 17.7 Å². The molecular formula is C13H18N4O. The molecule has 5 nitrogen and oxygen atoms in total. The van der Waals surface area contributed by atoms with Crippen LogP contribution in [0.4, 0.5) is 0 Å². The second-order valence-electron chi connectivity index (χ2n) is 4.38. The molecule has 0 aromatic heterocycles. The van der Waals surface area contributed by atoms with Gasteiger partial charge in [0.1, 0.15) is 17.4 Å². The van der Waals surface area contributed by atoms with Crippen LogP contribution in [-0.4, -0.2) is 37.8 Å². The van der Waals surface area contributed by atoms with Crippen molar-refractivity contribution in [2.45, 2.75) is 12.6 Å². The summed E-state index contributed by atoms with van der Waals surface area (Å²) >= 11 is 0. The van der Waals surface area contributed by atoms with E-state index in [4.69, 9.17) is 10.5 Å². The minimum absolute atomic E-state index is 0.248. The van der Waals surface area contributed by atoms with Gasteiger partial charge in [0.05, 0.1) is 13.5 Å². The summed E-state index contributed by atoms with van der Waals surface area (Å²) in [5.41, 5.74) is 6.88. The Kier molecular flexibility index (Phi) is 3.50. The number of amidine groups is 2. The molecule has 1 aliphatic heterocycles. The van der Waals surface area contributed by atoms with E-state index in [9.17, 15) is 0 Å². The zero-order valence-corrected chi connectivity index (χ0v) is 10.9. The van der Waals surface area contributed by atoms with E-state index in [1.54, 1.807) is 7.11 Å². The number of benzene rings is 1. The first-order chi connectivity index (χ1) is 8.60. The molecule has 0 aliphatic carbocycles.